The summed E-state index contributed by atoms with van der Waals surface area (Å²) >= 11 is 0. The standard InChI is InChI=1S/C11H26N2/c1-6-11(5,13)8-7-9(2)10(3,4)12/h9H,6-8,12-13H2,1-5H3. The molecular formula is C11H26N2. The topological polar surface area (TPSA) is 52.0 Å². The number of hydrogen-bond donors (Lipinski definition) is 2. The lowest BCUT2D eigenvalue weighted by Gasteiger charge is -2.31. The van der Waals surface area contributed by atoms with Crippen molar-refractivity contribution in [3.63, 3.8) is 0 Å². The maximum absolute atomic E-state index is 6.07. The molecule has 2 atom stereocenters. The van der Waals surface area contributed by atoms with Crippen molar-refractivity contribution < 1.29 is 0 Å². The SMILES string of the molecule is CCC(C)(N)CCC(C)C(C)(C)N. The highest BCUT2D eigenvalue weighted by atomic mass is 14.7. The van der Waals surface area contributed by atoms with Crippen molar-refractivity contribution in [1.82, 2.24) is 0 Å². The summed E-state index contributed by atoms with van der Waals surface area (Å²) in [6, 6.07) is 0. The van der Waals surface area contributed by atoms with Crippen molar-refractivity contribution in [2.24, 2.45) is 17.4 Å². The summed E-state index contributed by atoms with van der Waals surface area (Å²) in [5, 5.41) is 0. The Morgan fingerprint density at radius 1 is 1.15 bits per heavy atom. The van der Waals surface area contributed by atoms with Crippen molar-refractivity contribution in [3.8, 4) is 0 Å². The van der Waals surface area contributed by atoms with E-state index in [0.29, 0.717) is 5.92 Å². The molecule has 0 aromatic rings. The number of hydrogen-bond acceptors (Lipinski definition) is 2. The highest BCUT2D eigenvalue weighted by molar-refractivity contribution is 4.83. The van der Waals surface area contributed by atoms with E-state index in [2.05, 4.69) is 34.6 Å². The molecule has 4 N–H and O–H groups in total. The van der Waals surface area contributed by atoms with Crippen LogP contribution >= 0.6 is 0 Å². The predicted octanol–water partition coefficient (Wildman–Crippen LogP) is 2.27. The lowest BCUT2D eigenvalue weighted by atomic mass is 9.82. The summed E-state index contributed by atoms with van der Waals surface area (Å²) in [6.07, 6.45) is 3.21. The fourth-order valence-corrected chi connectivity index (χ4v) is 1.10. The highest BCUT2D eigenvalue weighted by Crippen LogP contribution is 2.23. The molecule has 0 aliphatic rings. The fourth-order valence-electron chi connectivity index (χ4n) is 1.10. The zero-order valence-corrected chi connectivity index (χ0v) is 9.85. The largest absolute Gasteiger partial charge is 0.325 e. The van der Waals surface area contributed by atoms with Crippen molar-refractivity contribution >= 4 is 0 Å². The van der Waals surface area contributed by atoms with Gasteiger partial charge in [0.25, 0.3) is 0 Å². The molecule has 0 saturated heterocycles. The smallest absolute Gasteiger partial charge is 0.0123 e. The van der Waals surface area contributed by atoms with Crippen LogP contribution in [0.3, 0.4) is 0 Å². The molecule has 80 valence electrons. The van der Waals surface area contributed by atoms with Crippen LogP contribution in [0.4, 0.5) is 0 Å². The zero-order valence-electron chi connectivity index (χ0n) is 9.85. The van der Waals surface area contributed by atoms with Crippen LogP contribution in [0.15, 0.2) is 0 Å². The summed E-state index contributed by atoms with van der Waals surface area (Å²) in [7, 11) is 0. The van der Waals surface area contributed by atoms with Crippen LogP contribution < -0.4 is 11.5 Å². The van der Waals surface area contributed by atoms with E-state index in [9.17, 15) is 0 Å². The summed E-state index contributed by atoms with van der Waals surface area (Å²) in [5.41, 5.74) is 12.0. The van der Waals surface area contributed by atoms with Gasteiger partial charge in [0.15, 0.2) is 0 Å². The van der Waals surface area contributed by atoms with Gasteiger partial charge in [-0.15, -0.1) is 0 Å². The molecule has 0 heterocycles. The lowest BCUT2D eigenvalue weighted by Crippen LogP contribution is -2.42. The molecule has 0 rings (SSSR count). The second-order valence-electron chi connectivity index (χ2n) is 5.27. The van der Waals surface area contributed by atoms with E-state index in [-0.39, 0.29) is 11.1 Å². The fraction of sp³-hybridized carbons (Fsp3) is 1.00. The van der Waals surface area contributed by atoms with E-state index >= 15 is 0 Å². The molecule has 0 bridgehead atoms. The van der Waals surface area contributed by atoms with Crippen LogP contribution in [-0.2, 0) is 0 Å². The molecule has 0 aliphatic carbocycles. The second-order valence-corrected chi connectivity index (χ2v) is 5.27. The van der Waals surface area contributed by atoms with Crippen LogP contribution in [0.2, 0.25) is 0 Å². The molecule has 0 aromatic carbocycles. The molecule has 2 heteroatoms. The van der Waals surface area contributed by atoms with Gasteiger partial charge in [-0.3, -0.25) is 0 Å². The Balaban J connectivity index is 3.90. The minimum atomic E-state index is -0.0795. The molecule has 0 radical (unpaired) electrons. The van der Waals surface area contributed by atoms with Gasteiger partial charge in [0.05, 0.1) is 0 Å². The van der Waals surface area contributed by atoms with Gasteiger partial charge < -0.3 is 11.5 Å². The van der Waals surface area contributed by atoms with Crippen LogP contribution in [-0.4, -0.2) is 11.1 Å². The quantitative estimate of drug-likeness (QED) is 0.692. The molecule has 0 aliphatic heterocycles. The lowest BCUT2D eigenvalue weighted by molar-refractivity contribution is 0.284. The minimum absolute atomic E-state index is 0.0144. The van der Waals surface area contributed by atoms with E-state index in [4.69, 9.17) is 11.5 Å². The Hall–Kier alpha value is -0.0800. The molecule has 0 saturated carbocycles. The first-order valence-electron chi connectivity index (χ1n) is 5.27. The van der Waals surface area contributed by atoms with Crippen molar-refractivity contribution in [1.29, 1.82) is 0 Å². The Morgan fingerprint density at radius 2 is 1.62 bits per heavy atom. The van der Waals surface area contributed by atoms with Gasteiger partial charge >= 0.3 is 0 Å². The Labute approximate surface area is 83.1 Å². The van der Waals surface area contributed by atoms with Gasteiger partial charge in [-0.2, -0.15) is 0 Å². The van der Waals surface area contributed by atoms with E-state index in [1.165, 1.54) is 0 Å². The molecular weight excluding hydrogens is 160 g/mol. The van der Waals surface area contributed by atoms with Gasteiger partial charge in [-0.25, -0.2) is 0 Å². The molecule has 0 aromatic heterocycles. The van der Waals surface area contributed by atoms with Crippen LogP contribution in [0.5, 0.6) is 0 Å². The zero-order chi connectivity index (χ0) is 10.7. The van der Waals surface area contributed by atoms with E-state index in [1.54, 1.807) is 0 Å². The van der Waals surface area contributed by atoms with E-state index in [0.717, 1.165) is 19.3 Å². The van der Waals surface area contributed by atoms with Crippen molar-refractivity contribution in [2.75, 3.05) is 0 Å². The molecule has 2 nitrogen and oxygen atoms in total. The summed E-state index contributed by atoms with van der Waals surface area (Å²) in [5.74, 6) is 0.530. The predicted molar refractivity (Wildman–Crippen MR) is 59.5 cm³/mol. The molecule has 0 spiro atoms. The van der Waals surface area contributed by atoms with Gasteiger partial charge in [0.1, 0.15) is 0 Å². The third-order valence-electron chi connectivity index (χ3n) is 3.23. The minimum Gasteiger partial charge on any atom is -0.325 e. The first kappa shape index (κ1) is 12.9. The molecule has 0 fully saturated rings. The average molecular weight is 186 g/mol. The highest BCUT2D eigenvalue weighted by Gasteiger charge is 2.23. The summed E-state index contributed by atoms with van der Waals surface area (Å²) in [4.78, 5) is 0. The third-order valence-corrected chi connectivity index (χ3v) is 3.23. The Kier molecular flexibility index (Phi) is 4.40. The summed E-state index contributed by atoms with van der Waals surface area (Å²) < 4.78 is 0. The van der Waals surface area contributed by atoms with Gasteiger partial charge in [0.2, 0.25) is 0 Å². The molecule has 13 heavy (non-hydrogen) atoms. The Bertz CT molecular complexity index is 145. The van der Waals surface area contributed by atoms with Crippen LogP contribution in [0.25, 0.3) is 0 Å². The average Bonchev–Trinajstić information content (AvgIpc) is 1.98. The molecule has 0 amide bonds. The third kappa shape index (κ3) is 5.27. The maximum Gasteiger partial charge on any atom is 0.0123 e. The number of rotatable bonds is 5. The van der Waals surface area contributed by atoms with Crippen LogP contribution in [0, 0.1) is 5.92 Å². The normalized spacial score (nSPS) is 19.6. The van der Waals surface area contributed by atoms with Crippen LogP contribution in [0.1, 0.15) is 53.9 Å². The maximum atomic E-state index is 6.07. The van der Waals surface area contributed by atoms with Gasteiger partial charge in [-0.1, -0.05) is 13.8 Å². The summed E-state index contributed by atoms with van der Waals surface area (Å²) in [6.45, 7) is 10.6. The van der Waals surface area contributed by atoms with Gasteiger partial charge in [-0.05, 0) is 46.0 Å². The Morgan fingerprint density at radius 3 is 1.92 bits per heavy atom. The molecule has 2 unspecified atom stereocenters. The first-order chi connectivity index (χ1) is 5.69. The van der Waals surface area contributed by atoms with Crippen molar-refractivity contribution in [2.45, 2.75) is 65.0 Å². The second kappa shape index (κ2) is 4.43. The number of nitrogens with two attached hydrogens (primary N) is 2. The van der Waals surface area contributed by atoms with Crippen molar-refractivity contribution in [3.05, 3.63) is 0 Å². The monoisotopic (exact) mass is 186 g/mol. The first-order valence-corrected chi connectivity index (χ1v) is 5.27. The van der Waals surface area contributed by atoms with E-state index in [1.807, 2.05) is 0 Å². The van der Waals surface area contributed by atoms with Gasteiger partial charge in [0, 0.05) is 11.1 Å². The van der Waals surface area contributed by atoms with E-state index < -0.39 is 0 Å².